The molecule has 0 bridgehead atoms. The third-order valence-electron chi connectivity index (χ3n) is 3.74. The molecule has 0 aliphatic carbocycles. The van der Waals surface area contributed by atoms with Crippen molar-refractivity contribution in [2.45, 2.75) is 45.4 Å². The van der Waals surface area contributed by atoms with Crippen LogP contribution in [0.15, 0.2) is 5.51 Å². The Bertz CT molecular complexity index is 377. The lowest BCUT2D eigenvalue weighted by Crippen LogP contribution is -2.40. The molecule has 108 valence electrons. The molecule has 1 saturated heterocycles. The van der Waals surface area contributed by atoms with E-state index in [-0.39, 0.29) is 0 Å². The Balaban J connectivity index is 1.63. The third-order valence-corrected chi connectivity index (χ3v) is 4.66. The highest BCUT2D eigenvalue weighted by Crippen LogP contribution is 2.15. The van der Waals surface area contributed by atoms with Crippen molar-refractivity contribution in [1.29, 1.82) is 0 Å². The van der Waals surface area contributed by atoms with Crippen LogP contribution >= 0.6 is 11.3 Å². The van der Waals surface area contributed by atoms with E-state index in [9.17, 15) is 0 Å². The maximum atomic E-state index is 5.69. The molecule has 2 unspecified atom stereocenters. The minimum atomic E-state index is 0.411. The number of rotatable bonds is 7. The molecule has 0 saturated carbocycles. The van der Waals surface area contributed by atoms with Gasteiger partial charge in [-0.1, -0.05) is 0 Å². The largest absolute Gasteiger partial charge is 0.377 e. The van der Waals surface area contributed by atoms with E-state index in [0.29, 0.717) is 12.1 Å². The van der Waals surface area contributed by atoms with Gasteiger partial charge in [0.1, 0.15) is 0 Å². The molecule has 0 spiro atoms. The molecule has 2 atom stereocenters. The standard InChI is InChI=1S/C14H25N3OS/c1-11(13-5-4-8-18-13)15-6-7-17(3)9-14-12(2)16-10-19-14/h10-11,13,15H,4-9H2,1-3H3. The van der Waals surface area contributed by atoms with Gasteiger partial charge in [0.05, 0.1) is 17.3 Å². The summed E-state index contributed by atoms with van der Waals surface area (Å²) in [5.41, 5.74) is 3.09. The molecule has 2 rings (SSSR count). The fraction of sp³-hybridized carbons (Fsp3) is 0.786. The van der Waals surface area contributed by atoms with E-state index in [4.69, 9.17) is 4.74 Å². The van der Waals surface area contributed by atoms with Crippen LogP contribution in [0.3, 0.4) is 0 Å². The Hall–Kier alpha value is -0.490. The van der Waals surface area contributed by atoms with Crippen LogP contribution in [0.4, 0.5) is 0 Å². The molecule has 0 radical (unpaired) electrons. The smallest absolute Gasteiger partial charge is 0.0798 e. The van der Waals surface area contributed by atoms with E-state index in [1.54, 1.807) is 11.3 Å². The van der Waals surface area contributed by atoms with Crippen molar-refractivity contribution in [3.63, 3.8) is 0 Å². The molecule has 0 aromatic carbocycles. The number of aryl methyl sites for hydroxylation is 1. The number of thiazole rings is 1. The maximum Gasteiger partial charge on any atom is 0.0798 e. The number of aromatic nitrogens is 1. The molecule has 1 fully saturated rings. The van der Waals surface area contributed by atoms with E-state index in [2.05, 4.69) is 36.1 Å². The van der Waals surface area contributed by atoms with Crippen molar-refractivity contribution in [3.8, 4) is 0 Å². The summed E-state index contributed by atoms with van der Waals surface area (Å²) in [5, 5.41) is 3.57. The van der Waals surface area contributed by atoms with Gasteiger partial charge in [0.2, 0.25) is 0 Å². The summed E-state index contributed by atoms with van der Waals surface area (Å²) in [5.74, 6) is 0. The summed E-state index contributed by atoms with van der Waals surface area (Å²) in [6.07, 6.45) is 2.82. The molecule has 1 aliphatic rings. The van der Waals surface area contributed by atoms with Crippen molar-refractivity contribution in [3.05, 3.63) is 16.1 Å². The molecule has 1 aliphatic heterocycles. The van der Waals surface area contributed by atoms with Crippen LogP contribution in [0.5, 0.6) is 0 Å². The second-order valence-corrected chi connectivity index (χ2v) is 6.33. The summed E-state index contributed by atoms with van der Waals surface area (Å²) in [6.45, 7) is 8.29. The molecule has 2 heterocycles. The Morgan fingerprint density at radius 1 is 1.63 bits per heavy atom. The van der Waals surface area contributed by atoms with Gasteiger partial charge in [-0.05, 0) is 33.7 Å². The molecule has 19 heavy (non-hydrogen) atoms. The summed E-state index contributed by atoms with van der Waals surface area (Å²) in [6, 6.07) is 0.459. The van der Waals surface area contributed by atoms with Gasteiger partial charge in [0, 0.05) is 37.2 Å². The fourth-order valence-corrected chi connectivity index (χ4v) is 3.27. The van der Waals surface area contributed by atoms with E-state index < -0.39 is 0 Å². The molecular formula is C14H25N3OS. The summed E-state index contributed by atoms with van der Waals surface area (Å²) >= 11 is 1.74. The molecular weight excluding hydrogens is 258 g/mol. The van der Waals surface area contributed by atoms with Crippen LogP contribution in [0.2, 0.25) is 0 Å². The van der Waals surface area contributed by atoms with Gasteiger partial charge in [-0.3, -0.25) is 4.90 Å². The van der Waals surface area contributed by atoms with Gasteiger partial charge in [-0.2, -0.15) is 0 Å². The lowest BCUT2D eigenvalue weighted by Gasteiger charge is -2.22. The number of nitrogens with one attached hydrogen (secondary N) is 1. The predicted octanol–water partition coefficient (Wildman–Crippen LogP) is 2.04. The van der Waals surface area contributed by atoms with Crippen molar-refractivity contribution in [1.82, 2.24) is 15.2 Å². The van der Waals surface area contributed by atoms with Crippen molar-refractivity contribution < 1.29 is 4.74 Å². The van der Waals surface area contributed by atoms with Crippen LogP contribution < -0.4 is 5.32 Å². The molecule has 1 aromatic rings. The predicted molar refractivity (Wildman–Crippen MR) is 79.6 cm³/mol. The molecule has 4 nitrogen and oxygen atoms in total. The minimum Gasteiger partial charge on any atom is -0.377 e. The highest BCUT2D eigenvalue weighted by Gasteiger charge is 2.21. The zero-order chi connectivity index (χ0) is 13.7. The average molecular weight is 283 g/mol. The van der Waals surface area contributed by atoms with Gasteiger partial charge in [0.25, 0.3) is 0 Å². The number of ether oxygens (including phenoxy) is 1. The lowest BCUT2D eigenvalue weighted by atomic mass is 10.1. The quantitative estimate of drug-likeness (QED) is 0.831. The number of nitrogens with zero attached hydrogens (tertiary/aromatic N) is 2. The highest BCUT2D eigenvalue weighted by molar-refractivity contribution is 7.09. The van der Waals surface area contributed by atoms with Crippen LogP contribution in [-0.4, -0.2) is 48.8 Å². The average Bonchev–Trinajstić information content (AvgIpc) is 3.02. The van der Waals surface area contributed by atoms with Crippen LogP contribution in [0, 0.1) is 6.92 Å². The number of hydrogen-bond donors (Lipinski definition) is 1. The Kier molecular flexibility index (Phi) is 5.76. The normalized spacial score (nSPS) is 21.2. The van der Waals surface area contributed by atoms with E-state index in [1.807, 2.05) is 5.51 Å². The third kappa shape index (κ3) is 4.53. The topological polar surface area (TPSA) is 37.4 Å². The highest BCUT2D eigenvalue weighted by atomic mass is 32.1. The Morgan fingerprint density at radius 2 is 2.47 bits per heavy atom. The van der Waals surface area contributed by atoms with Crippen molar-refractivity contribution >= 4 is 11.3 Å². The summed E-state index contributed by atoms with van der Waals surface area (Å²) in [7, 11) is 2.16. The first kappa shape index (κ1) is 14.9. The SMILES string of the molecule is Cc1ncsc1CN(C)CCNC(C)C1CCCO1. The Morgan fingerprint density at radius 3 is 3.11 bits per heavy atom. The van der Waals surface area contributed by atoms with Gasteiger partial charge < -0.3 is 10.1 Å². The zero-order valence-electron chi connectivity index (χ0n) is 12.2. The second kappa shape index (κ2) is 7.33. The van der Waals surface area contributed by atoms with Gasteiger partial charge in [0.15, 0.2) is 0 Å². The number of likely N-dealkylation sites (N-methyl/N-ethyl adjacent to an activating group) is 1. The van der Waals surface area contributed by atoms with Gasteiger partial charge in [-0.15, -0.1) is 11.3 Å². The first-order chi connectivity index (χ1) is 9.16. The number of hydrogen-bond acceptors (Lipinski definition) is 5. The second-order valence-electron chi connectivity index (χ2n) is 5.39. The molecule has 0 amide bonds. The lowest BCUT2D eigenvalue weighted by molar-refractivity contribution is 0.0829. The zero-order valence-corrected chi connectivity index (χ0v) is 13.0. The van der Waals surface area contributed by atoms with E-state index in [1.165, 1.54) is 17.7 Å². The molecule has 5 heteroatoms. The minimum absolute atomic E-state index is 0.411. The monoisotopic (exact) mass is 283 g/mol. The van der Waals surface area contributed by atoms with Crippen molar-refractivity contribution in [2.75, 3.05) is 26.7 Å². The fourth-order valence-electron chi connectivity index (χ4n) is 2.41. The first-order valence-corrected chi connectivity index (χ1v) is 7.97. The molecule has 1 aromatic heterocycles. The van der Waals surface area contributed by atoms with Crippen LogP contribution in [-0.2, 0) is 11.3 Å². The van der Waals surface area contributed by atoms with Crippen LogP contribution in [0.25, 0.3) is 0 Å². The Labute approximate surface area is 120 Å². The first-order valence-electron chi connectivity index (χ1n) is 7.09. The summed E-state index contributed by atoms with van der Waals surface area (Å²) in [4.78, 5) is 8.00. The van der Waals surface area contributed by atoms with E-state index >= 15 is 0 Å². The molecule has 1 N–H and O–H groups in total. The van der Waals surface area contributed by atoms with Crippen molar-refractivity contribution in [2.24, 2.45) is 0 Å². The van der Waals surface area contributed by atoms with Gasteiger partial charge in [-0.25, -0.2) is 4.98 Å². The van der Waals surface area contributed by atoms with E-state index in [0.717, 1.165) is 31.9 Å². The summed E-state index contributed by atoms with van der Waals surface area (Å²) < 4.78 is 5.69. The van der Waals surface area contributed by atoms with Crippen LogP contribution in [0.1, 0.15) is 30.3 Å². The van der Waals surface area contributed by atoms with Gasteiger partial charge >= 0.3 is 0 Å². The maximum absolute atomic E-state index is 5.69.